The molecule has 31 heavy (non-hydrogen) atoms. The fourth-order valence-corrected chi connectivity index (χ4v) is 3.33. The maximum absolute atomic E-state index is 13.3. The lowest BCUT2D eigenvalue weighted by molar-refractivity contribution is -0.385. The molecule has 0 saturated heterocycles. The molecule has 154 valence electrons. The maximum atomic E-state index is 13.3. The third-order valence-electron chi connectivity index (χ3n) is 4.72. The topological polar surface area (TPSA) is 85.0 Å². The molecule has 0 N–H and O–H groups in total. The van der Waals surface area contributed by atoms with Gasteiger partial charge < -0.3 is 4.74 Å². The third-order valence-corrected chi connectivity index (χ3v) is 4.97. The second-order valence-corrected chi connectivity index (χ2v) is 7.06. The Morgan fingerprint density at radius 1 is 1.03 bits per heavy atom. The Labute approximate surface area is 183 Å². The first-order valence-electron chi connectivity index (χ1n) is 9.26. The van der Waals surface area contributed by atoms with Crippen LogP contribution in [0.25, 0.3) is 6.08 Å². The number of nitrogens with zero attached hydrogens (tertiary/aromatic N) is 3. The normalized spacial score (nSPS) is 14.6. The van der Waals surface area contributed by atoms with E-state index in [1.165, 1.54) is 17.0 Å². The van der Waals surface area contributed by atoms with Crippen molar-refractivity contribution >= 4 is 40.8 Å². The van der Waals surface area contributed by atoms with E-state index in [-0.39, 0.29) is 11.4 Å². The van der Waals surface area contributed by atoms with Crippen LogP contribution in [0, 0.1) is 10.1 Å². The van der Waals surface area contributed by atoms with Crippen LogP contribution in [0.1, 0.15) is 11.1 Å². The zero-order valence-electron chi connectivity index (χ0n) is 16.4. The van der Waals surface area contributed by atoms with Crippen LogP contribution in [0.15, 0.2) is 83.5 Å². The fourth-order valence-electron chi connectivity index (χ4n) is 3.20. The Balaban J connectivity index is 1.83. The summed E-state index contributed by atoms with van der Waals surface area (Å²) in [5.74, 6) is 0.654. The summed E-state index contributed by atoms with van der Waals surface area (Å²) in [7, 11) is 1.56. The summed E-state index contributed by atoms with van der Waals surface area (Å²) in [6.07, 6.45) is 1.43. The summed E-state index contributed by atoms with van der Waals surface area (Å²) in [5, 5.41) is 11.9. The first-order chi connectivity index (χ1) is 15.0. The van der Waals surface area contributed by atoms with Crippen molar-refractivity contribution in [2.45, 2.75) is 0 Å². The maximum Gasteiger partial charge on any atom is 0.282 e. The number of methoxy groups -OCH3 is 1. The number of ether oxygens (including phenoxy) is 1. The highest BCUT2D eigenvalue weighted by atomic mass is 35.5. The van der Waals surface area contributed by atoms with Crippen molar-refractivity contribution in [1.29, 1.82) is 0 Å². The molecular formula is C23H16ClN3O4. The lowest BCUT2D eigenvalue weighted by Crippen LogP contribution is -2.32. The molecule has 1 aliphatic heterocycles. The van der Waals surface area contributed by atoms with Gasteiger partial charge in [-0.1, -0.05) is 23.7 Å². The number of nitro benzene ring substituents is 1. The largest absolute Gasteiger partial charge is 0.497 e. The predicted octanol–water partition coefficient (Wildman–Crippen LogP) is 5.09. The predicted molar refractivity (Wildman–Crippen MR) is 120 cm³/mol. The number of amides is 1. The Kier molecular flexibility index (Phi) is 5.51. The minimum absolute atomic E-state index is 0.0927. The number of rotatable bonds is 5. The van der Waals surface area contributed by atoms with Crippen molar-refractivity contribution in [1.82, 2.24) is 0 Å². The van der Waals surface area contributed by atoms with Crippen molar-refractivity contribution in [3.63, 3.8) is 0 Å². The summed E-state index contributed by atoms with van der Waals surface area (Å²) in [5.41, 5.74) is 1.56. The van der Waals surface area contributed by atoms with Gasteiger partial charge in [-0.15, -0.1) is 0 Å². The van der Waals surface area contributed by atoms with Crippen LogP contribution in [0.3, 0.4) is 0 Å². The van der Waals surface area contributed by atoms with Crippen LogP contribution in [-0.2, 0) is 4.79 Å². The van der Waals surface area contributed by atoms with Gasteiger partial charge >= 0.3 is 0 Å². The summed E-state index contributed by atoms with van der Waals surface area (Å²) in [4.78, 5) is 30.2. The van der Waals surface area contributed by atoms with Crippen molar-refractivity contribution in [2.75, 3.05) is 12.0 Å². The number of hydrogen-bond donors (Lipinski definition) is 0. The van der Waals surface area contributed by atoms with Crippen LogP contribution >= 0.6 is 11.6 Å². The molecule has 0 spiro atoms. The number of benzene rings is 3. The van der Waals surface area contributed by atoms with Gasteiger partial charge in [-0.2, -0.15) is 0 Å². The molecule has 0 saturated carbocycles. The quantitative estimate of drug-likeness (QED) is 0.318. The average Bonchev–Trinajstić information content (AvgIpc) is 3.10. The minimum Gasteiger partial charge on any atom is -0.497 e. The second-order valence-electron chi connectivity index (χ2n) is 6.63. The van der Waals surface area contributed by atoms with Gasteiger partial charge in [0.15, 0.2) is 0 Å². The van der Waals surface area contributed by atoms with Gasteiger partial charge in [0.1, 0.15) is 17.3 Å². The number of halogens is 1. The highest BCUT2D eigenvalue weighted by Crippen LogP contribution is 2.31. The van der Waals surface area contributed by atoms with E-state index in [4.69, 9.17) is 16.3 Å². The monoisotopic (exact) mass is 433 g/mol. The van der Waals surface area contributed by atoms with Gasteiger partial charge in [0, 0.05) is 16.7 Å². The van der Waals surface area contributed by atoms with Gasteiger partial charge in [-0.3, -0.25) is 19.8 Å². The number of anilines is 1. The number of carbonyl (C=O) groups excluding carboxylic acids is 1. The van der Waals surface area contributed by atoms with Crippen LogP contribution in [-0.4, -0.2) is 23.8 Å². The van der Waals surface area contributed by atoms with Crippen LogP contribution < -0.4 is 9.64 Å². The molecule has 7 nitrogen and oxygen atoms in total. The molecule has 0 atom stereocenters. The number of hydrogen-bond acceptors (Lipinski definition) is 5. The fraction of sp³-hybridized carbons (Fsp3) is 0.0435. The molecule has 1 aliphatic rings. The summed E-state index contributed by atoms with van der Waals surface area (Å²) >= 11 is 6.01. The molecule has 3 aromatic carbocycles. The molecule has 0 aliphatic carbocycles. The highest BCUT2D eigenvalue weighted by Gasteiger charge is 2.33. The molecule has 1 amide bonds. The smallest absolute Gasteiger partial charge is 0.282 e. The van der Waals surface area contributed by atoms with Crippen molar-refractivity contribution in [3.8, 4) is 5.75 Å². The standard InChI is InChI=1S/C23H16ClN3O4/c1-31-19-12-10-18(11-13-19)26-22(15-6-8-17(24)9-7-15)25-20(23(26)28)14-16-4-2-3-5-21(16)27(29)30/h2-14H,1H3. The summed E-state index contributed by atoms with van der Waals surface area (Å²) < 4.78 is 5.20. The summed E-state index contributed by atoms with van der Waals surface area (Å²) in [6, 6.07) is 20.1. The summed E-state index contributed by atoms with van der Waals surface area (Å²) in [6.45, 7) is 0. The Morgan fingerprint density at radius 3 is 2.35 bits per heavy atom. The number of para-hydroxylation sites is 1. The molecule has 0 fully saturated rings. The van der Waals surface area contributed by atoms with E-state index in [0.29, 0.717) is 33.4 Å². The lowest BCUT2D eigenvalue weighted by atomic mass is 10.1. The van der Waals surface area contributed by atoms with Gasteiger partial charge in [0.25, 0.3) is 11.6 Å². The van der Waals surface area contributed by atoms with Gasteiger partial charge in [0.05, 0.1) is 23.3 Å². The molecule has 4 rings (SSSR count). The van der Waals surface area contributed by atoms with Crippen molar-refractivity contribution in [2.24, 2.45) is 4.99 Å². The average molecular weight is 434 g/mol. The first-order valence-corrected chi connectivity index (χ1v) is 9.64. The van der Waals surface area contributed by atoms with Crippen LogP contribution in [0.2, 0.25) is 5.02 Å². The SMILES string of the molecule is COc1ccc(N2C(=O)C(=Cc3ccccc3[N+](=O)[O-])N=C2c2ccc(Cl)cc2)cc1. The number of nitro groups is 1. The Hall–Kier alpha value is -3.97. The Bertz CT molecular complexity index is 1220. The number of carbonyl (C=O) groups is 1. The van der Waals surface area contributed by atoms with E-state index in [2.05, 4.69) is 4.99 Å². The third kappa shape index (κ3) is 4.04. The van der Waals surface area contributed by atoms with E-state index >= 15 is 0 Å². The molecule has 0 unspecified atom stereocenters. The zero-order chi connectivity index (χ0) is 22.0. The molecule has 0 radical (unpaired) electrons. The minimum atomic E-state index is -0.489. The number of amidine groups is 1. The Morgan fingerprint density at radius 2 is 1.71 bits per heavy atom. The van der Waals surface area contributed by atoms with Crippen molar-refractivity contribution in [3.05, 3.63) is 105 Å². The van der Waals surface area contributed by atoms with Crippen molar-refractivity contribution < 1.29 is 14.5 Å². The van der Waals surface area contributed by atoms with E-state index in [1.807, 2.05) is 0 Å². The number of aliphatic imine (C=N–C) groups is 1. The van der Waals surface area contributed by atoms with Gasteiger partial charge in [-0.25, -0.2) is 4.99 Å². The molecule has 1 heterocycles. The zero-order valence-corrected chi connectivity index (χ0v) is 17.1. The van der Waals surface area contributed by atoms with Crippen LogP contribution in [0.5, 0.6) is 5.75 Å². The molecule has 0 aromatic heterocycles. The van der Waals surface area contributed by atoms with Gasteiger partial charge in [0.2, 0.25) is 0 Å². The van der Waals surface area contributed by atoms with E-state index < -0.39 is 10.8 Å². The second kappa shape index (κ2) is 8.41. The molecular weight excluding hydrogens is 418 g/mol. The van der Waals surface area contributed by atoms with Crippen LogP contribution in [0.4, 0.5) is 11.4 Å². The van der Waals surface area contributed by atoms with Gasteiger partial charge in [-0.05, 0) is 60.7 Å². The van der Waals surface area contributed by atoms with E-state index in [0.717, 1.165) is 0 Å². The first kappa shape index (κ1) is 20.3. The van der Waals surface area contributed by atoms with E-state index in [9.17, 15) is 14.9 Å². The molecule has 3 aromatic rings. The van der Waals surface area contributed by atoms with E-state index in [1.54, 1.807) is 73.8 Å². The highest BCUT2D eigenvalue weighted by molar-refractivity contribution is 6.34. The lowest BCUT2D eigenvalue weighted by Gasteiger charge is -2.19. The molecule has 8 heteroatoms. The molecule has 0 bridgehead atoms.